The van der Waals surface area contributed by atoms with E-state index in [1.165, 1.54) is 27.1 Å². The Morgan fingerprint density at radius 2 is 1.80 bits per heavy atom. The van der Waals surface area contributed by atoms with Gasteiger partial charge in [-0.3, -0.25) is 0 Å². The Morgan fingerprint density at radius 1 is 1.10 bits per heavy atom. The van der Waals surface area contributed by atoms with E-state index in [1.807, 2.05) is 18.2 Å². The highest BCUT2D eigenvalue weighted by Crippen LogP contribution is 2.43. The molecule has 2 aromatic carbocycles. The Bertz CT molecular complexity index is 993. The van der Waals surface area contributed by atoms with Gasteiger partial charge in [0.15, 0.2) is 0 Å². The van der Waals surface area contributed by atoms with Crippen LogP contribution in [0.5, 0.6) is 0 Å². The highest BCUT2D eigenvalue weighted by Gasteiger charge is 2.59. The lowest BCUT2D eigenvalue weighted by molar-refractivity contribution is -0.224. The molecule has 0 aliphatic carbocycles. The molecule has 0 unspecified atom stereocenters. The Hall–Kier alpha value is -2.13. The summed E-state index contributed by atoms with van der Waals surface area (Å²) in [7, 11) is -3.59. The van der Waals surface area contributed by atoms with Gasteiger partial charge in [0, 0.05) is 18.1 Å². The van der Waals surface area contributed by atoms with Crippen LogP contribution in [0.1, 0.15) is 18.4 Å². The van der Waals surface area contributed by atoms with Crippen LogP contribution in [-0.4, -0.2) is 55.6 Å². The van der Waals surface area contributed by atoms with Gasteiger partial charge >= 0.3 is 6.09 Å². The van der Waals surface area contributed by atoms with Gasteiger partial charge in [0.1, 0.15) is 0 Å². The van der Waals surface area contributed by atoms with Crippen LogP contribution in [0.3, 0.4) is 0 Å². The predicted octanol–water partition coefficient (Wildman–Crippen LogP) is 3.06. The molecule has 0 aromatic heterocycles. The summed E-state index contributed by atoms with van der Waals surface area (Å²) in [5.74, 6) is 0. The fourth-order valence-electron chi connectivity index (χ4n) is 3.90. The zero-order chi connectivity index (χ0) is 21.2. The molecule has 2 aliphatic heterocycles. The van der Waals surface area contributed by atoms with Gasteiger partial charge < -0.3 is 10.2 Å². The fourth-order valence-corrected chi connectivity index (χ4v) is 5.80. The van der Waals surface area contributed by atoms with Crippen LogP contribution in [0.2, 0.25) is 5.02 Å². The minimum Gasteiger partial charge on any atom is -0.351 e. The van der Waals surface area contributed by atoms with Crippen LogP contribution in [0.25, 0.3) is 0 Å². The first-order chi connectivity index (χ1) is 14.4. The maximum absolute atomic E-state index is 12.9. The third kappa shape index (κ3) is 4.32. The number of amides is 1. The topological polar surface area (TPSA) is 79.0 Å². The maximum atomic E-state index is 12.9. The second-order valence-electron chi connectivity index (χ2n) is 7.70. The van der Waals surface area contributed by atoms with E-state index in [-0.39, 0.29) is 4.90 Å². The summed E-state index contributed by atoms with van der Waals surface area (Å²) in [6.07, 6.45) is 1.93. The Morgan fingerprint density at radius 3 is 2.43 bits per heavy atom. The average Bonchev–Trinajstić information content (AvgIpc) is 2.67. The van der Waals surface area contributed by atoms with Crippen LogP contribution in [0, 0.1) is 0 Å². The molecule has 30 heavy (non-hydrogen) atoms. The quantitative estimate of drug-likeness (QED) is 0.657. The number of nitrogens with one attached hydrogen (secondary N) is 1. The molecule has 7 nitrogen and oxygen atoms in total. The number of halogens is 1. The van der Waals surface area contributed by atoms with Gasteiger partial charge in [-0.05, 0) is 49.1 Å². The zero-order valence-electron chi connectivity index (χ0n) is 16.5. The minimum absolute atomic E-state index is 0.224. The van der Waals surface area contributed by atoms with E-state index in [4.69, 9.17) is 16.4 Å². The highest BCUT2D eigenvalue weighted by molar-refractivity contribution is 7.89. The first-order valence-corrected chi connectivity index (χ1v) is 11.7. The van der Waals surface area contributed by atoms with Gasteiger partial charge in [-0.25, -0.2) is 13.2 Å². The van der Waals surface area contributed by atoms with Crippen LogP contribution in [0.4, 0.5) is 4.79 Å². The van der Waals surface area contributed by atoms with Crippen molar-refractivity contribution in [2.75, 3.05) is 26.2 Å². The molecule has 0 radical (unpaired) electrons. The molecule has 2 heterocycles. The van der Waals surface area contributed by atoms with Crippen molar-refractivity contribution < 1.29 is 18.0 Å². The number of carbonyl (C=O) groups is 1. The largest absolute Gasteiger partial charge is 0.426 e. The molecule has 2 aliphatic rings. The van der Waals surface area contributed by atoms with Gasteiger partial charge in [-0.1, -0.05) is 41.9 Å². The summed E-state index contributed by atoms with van der Waals surface area (Å²) in [5, 5.41) is 4.74. The summed E-state index contributed by atoms with van der Waals surface area (Å²) in [6.45, 7) is 1.72. The second-order valence-corrected chi connectivity index (χ2v) is 10.00. The number of sulfonamides is 1. The Kier molecular flexibility index (Phi) is 6.02. The lowest BCUT2D eigenvalue weighted by Gasteiger charge is -2.59. The lowest BCUT2D eigenvalue weighted by Crippen LogP contribution is -2.77. The normalized spacial score (nSPS) is 18.4. The van der Waals surface area contributed by atoms with E-state index in [0.717, 1.165) is 19.3 Å². The second kappa shape index (κ2) is 8.55. The predicted molar refractivity (Wildman–Crippen MR) is 114 cm³/mol. The van der Waals surface area contributed by atoms with Crippen molar-refractivity contribution in [3.63, 3.8) is 0 Å². The molecular formula is C21H24ClN3O4S. The SMILES string of the molecule is O=C(NCCCc1ccccc1)ON1CC2(CCN2S(=O)(=O)c2ccc(Cl)cc2)C1. The van der Waals surface area contributed by atoms with Gasteiger partial charge in [0.25, 0.3) is 0 Å². The minimum atomic E-state index is -3.59. The Labute approximate surface area is 181 Å². The molecule has 0 saturated carbocycles. The van der Waals surface area contributed by atoms with Gasteiger partial charge in [-0.15, -0.1) is 5.06 Å². The third-order valence-electron chi connectivity index (χ3n) is 5.62. The van der Waals surface area contributed by atoms with Crippen molar-refractivity contribution in [2.45, 2.75) is 29.7 Å². The first kappa shape index (κ1) is 21.1. The third-order valence-corrected chi connectivity index (χ3v) is 7.89. The van der Waals surface area contributed by atoms with Crippen molar-refractivity contribution >= 4 is 27.7 Å². The number of aryl methyl sites for hydroxylation is 1. The fraction of sp³-hybridized carbons (Fsp3) is 0.381. The van der Waals surface area contributed by atoms with Crippen molar-refractivity contribution in [3.05, 3.63) is 65.2 Å². The van der Waals surface area contributed by atoms with E-state index < -0.39 is 21.7 Å². The summed E-state index contributed by atoms with van der Waals surface area (Å²) >= 11 is 5.86. The van der Waals surface area contributed by atoms with Crippen molar-refractivity contribution in [1.82, 2.24) is 14.7 Å². The van der Waals surface area contributed by atoms with Gasteiger partial charge in [0.05, 0.1) is 23.5 Å². The maximum Gasteiger partial charge on any atom is 0.426 e. The number of hydrogen-bond donors (Lipinski definition) is 1. The molecule has 4 rings (SSSR count). The molecule has 0 bridgehead atoms. The zero-order valence-corrected chi connectivity index (χ0v) is 18.0. The molecule has 1 spiro atoms. The molecule has 2 aromatic rings. The van der Waals surface area contributed by atoms with Crippen molar-refractivity contribution in [1.29, 1.82) is 0 Å². The molecule has 1 amide bonds. The van der Waals surface area contributed by atoms with Crippen molar-refractivity contribution in [3.8, 4) is 0 Å². The number of carbonyl (C=O) groups excluding carboxylic acids is 1. The van der Waals surface area contributed by atoms with Crippen LogP contribution in [0.15, 0.2) is 59.5 Å². The molecule has 9 heteroatoms. The molecule has 1 N–H and O–H groups in total. The smallest absolute Gasteiger partial charge is 0.351 e. The summed E-state index contributed by atoms with van der Waals surface area (Å²) in [4.78, 5) is 17.5. The molecular weight excluding hydrogens is 426 g/mol. The van der Waals surface area contributed by atoms with Crippen molar-refractivity contribution in [2.24, 2.45) is 0 Å². The van der Waals surface area contributed by atoms with Crippen LogP contribution >= 0.6 is 11.6 Å². The summed E-state index contributed by atoms with van der Waals surface area (Å²) < 4.78 is 27.3. The van der Waals surface area contributed by atoms with E-state index >= 15 is 0 Å². The number of benzene rings is 2. The number of nitrogens with zero attached hydrogens (tertiary/aromatic N) is 2. The Balaban J connectivity index is 1.22. The van der Waals surface area contributed by atoms with Gasteiger partial charge in [-0.2, -0.15) is 4.31 Å². The number of hydroxylamine groups is 2. The van der Waals surface area contributed by atoms with Crippen LogP contribution in [-0.2, 0) is 21.3 Å². The summed E-state index contributed by atoms with van der Waals surface area (Å²) in [5.41, 5.74) is 0.732. The summed E-state index contributed by atoms with van der Waals surface area (Å²) in [6, 6.07) is 16.2. The highest BCUT2D eigenvalue weighted by atomic mass is 35.5. The van der Waals surface area contributed by atoms with E-state index in [1.54, 1.807) is 12.1 Å². The monoisotopic (exact) mass is 449 g/mol. The standard InChI is InChI=1S/C21H24ClN3O4S/c22-18-8-10-19(11-9-18)30(27,28)25-14-12-21(25)15-24(16-21)29-20(26)23-13-4-7-17-5-2-1-3-6-17/h1-3,5-6,8-11H,4,7,12-16H2,(H,23,26). The van der Waals surface area contributed by atoms with Crippen LogP contribution < -0.4 is 5.32 Å². The molecule has 160 valence electrons. The first-order valence-electron chi connectivity index (χ1n) is 9.92. The molecule has 2 saturated heterocycles. The van der Waals surface area contributed by atoms with E-state index in [0.29, 0.717) is 31.2 Å². The number of rotatable bonds is 7. The van der Waals surface area contributed by atoms with E-state index in [2.05, 4.69) is 17.4 Å². The molecule has 2 fully saturated rings. The van der Waals surface area contributed by atoms with E-state index in [9.17, 15) is 13.2 Å². The van der Waals surface area contributed by atoms with Gasteiger partial charge in [0.2, 0.25) is 10.0 Å². The average molecular weight is 450 g/mol. The molecule has 0 atom stereocenters. The lowest BCUT2D eigenvalue weighted by atomic mass is 9.82. The number of hydrogen-bond acceptors (Lipinski definition) is 5.